The van der Waals surface area contributed by atoms with E-state index in [2.05, 4.69) is 0 Å². The smallest absolute Gasteiger partial charge is 0.126 e. The van der Waals surface area contributed by atoms with Crippen molar-refractivity contribution in [1.29, 1.82) is 0 Å². The van der Waals surface area contributed by atoms with Gasteiger partial charge in [0.05, 0.1) is 6.10 Å². The van der Waals surface area contributed by atoms with Gasteiger partial charge < -0.3 is 14.9 Å². The number of hydrogen-bond acceptors (Lipinski definition) is 3. The molecule has 2 N–H and O–H groups in total. The van der Waals surface area contributed by atoms with E-state index in [0.717, 1.165) is 5.56 Å². The van der Waals surface area contributed by atoms with Crippen molar-refractivity contribution in [3.8, 4) is 11.5 Å². The van der Waals surface area contributed by atoms with E-state index in [4.69, 9.17) is 4.74 Å². The zero-order valence-corrected chi connectivity index (χ0v) is 7.40. The fourth-order valence-corrected chi connectivity index (χ4v) is 1.49. The van der Waals surface area contributed by atoms with Crippen molar-refractivity contribution in [2.24, 2.45) is 0 Å². The second-order valence-corrected chi connectivity index (χ2v) is 3.39. The summed E-state index contributed by atoms with van der Waals surface area (Å²) < 4.78 is 5.41. The molecule has 0 amide bonds. The van der Waals surface area contributed by atoms with Crippen molar-refractivity contribution in [2.75, 3.05) is 0 Å². The Labute approximate surface area is 76.6 Å². The number of ether oxygens (including phenoxy) is 1. The third-order valence-electron chi connectivity index (χ3n) is 2.33. The number of fused-ring (bicyclic) bond motifs is 1. The first-order valence-electron chi connectivity index (χ1n) is 4.33. The molecule has 1 aromatic carbocycles. The summed E-state index contributed by atoms with van der Waals surface area (Å²) in [5, 5.41) is 18.7. The fraction of sp³-hybridized carbons (Fsp3) is 0.400. The Kier molecular flexibility index (Phi) is 1.88. The van der Waals surface area contributed by atoms with E-state index in [1.807, 2.05) is 6.92 Å². The van der Waals surface area contributed by atoms with E-state index in [1.165, 1.54) is 0 Å². The molecule has 0 aliphatic carbocycles. The predicted octanol–water partition coefficient (Wildman–Crippen LogP) is 1.08. The number of phenols is 1. The van der Waals surface area contributed by atoms with Crippen LogP contribution in [0.25, 0.3) is 0 Å². The summed E-state index contributed by atoms with van der Waals surface area (Å²) in [5.41, 5.74) is 0.948. The second kappa shape index (κ2) is 2.92. The maximum atomic E-state index is 9.51. The van der Waals surface area contributed by atoms with Gasteiger partial charge in [-0.2, -0.15) is 0 Å². The number of benzene rings is 1. The lowest BCUT2D eigenvalue weighted by atomic mass is 10.0. The molecule has 13 heavy (non-hydrogen) atoms. The summed E-state index contributed by atoms with van der Waals surface area (Å²) in [6, 6.07) is 4.96. The number of hydrogen-bond donors (Lipinski definition) is 2. The van der Waals surface area contributed by atoms with Gasteiger partial charge in [-0.1, -0.05) is 6.07 Å². The molecule has 2 rings (SSSR count). The molecule has 0 aromatic heterocycles. The van der Waals surface area contributed by atoms with Gasteiger partial charge in [0.15, 0.2) is 0 Å². The van der Waals surface area contributed by atoms with Crippen LogP contribution in [0.2, 0.25) is 0 Å². The summed E-state index contributed by atoms with van der Waals surface area (Å²) in [4.78, 5) is 0. The molecular weight excluding hydrogens is 168 g/mol. The third kappa shape index (κ3) is 1.47. The van der Waals surface area contributed by atoms with Gasteiger partial charge in [-0.05, 0) is 18.6 Å². The lowest BCUT2D eigenvalue weighted by molar-refractivity contribution is 0.0327. The van der Waals surface area contributed by atoms with E-state index in [9.17, 15) is 10.2 Å². The SMILES string of the molecule is CC1Oc2cc(O)ccc2CC1O. The lowest BCUT2D eigenvalue weighted by Crippen LogP contribution is -2.34. The van der Waals surface area contributed by atoms with Crippen molar-refractivity contribution in [3.63, 3.8) is 0 Å². The molecule has 0 bridgehead atoms. The Balaban J connectivity index is 2.37. The Morgan fingerprint density at radius 1 is 1.46 bits per heavy atom. The Bertz CT molecular complexity index is 322. The van der Waals surface area contributed by atoms with Gasteiger partial charge in [0, 0.05) is 12.5 Å². The highest BCUT2D eigenvalue weighted by Crippen LogP contribution is 2.30. The Morgan fingerprint density at radius 2 is 2.23 bits per heavy atom. The largest absolute Gasteiger partial charge is 0.508 e. The standard InChI is InChI=1S/C10H12O3/c1-6-9(12)4-7-2-3-8(11)5-10(7)13-6/h2-3,5-6,9,11-12H,4H2,1H3. The molecule has 0 saturated carbocycles. The van der Waals surface area contributed by atoms with E-state index in [-0.39, 0.29) is 11.9 Å². The maximum absolute atomic E-state index is 9.51. The average Bonchev–Trinajstić information content (AvgIpc) is 2.08. The molecule has 1 aliphatic heterocycles. The normalized spacial score (nSPS) is 26.3. The molecule has 2 unspecified atom stereocenters. The molecule has 2 atom stereocenters. The first kappa shape index (κ1) is 8.38. The fourth-order valence-electron chi connectivity index (χ4n) is 1.49. The predicted molar refractivity (Wildman–Crippen MR) is 47.9 cm³/mol. The van der Waals surface area contributed by atoms with Gasteiger partial charge in [-0.25, -0.2) is 0 Å². The van der Waals surface area contributed by atoms with E-state index in [1.54, 1.807) is 18.2 Å². The third-order valence-corrected chi connectivity index (χ3v) is 2.33. The van der Waals surface area contributed by atoms with E-state index >= 15 is 0 Å². The molecule has 0 fully saturated rings. The molecule has 1 aromatic rings. The zero-order chi connectivity index (χ0) is 9.42. The molecule has 0 spiro atoms. The maximum Gasteiger partial charge on any atom is 0.126 e. The number of aliphatic hydroxyl groups is 1. The highest BCUT2D eigenvalue weighted by Gasteiger charge is 2.24. The summed E-state index contributed by atoms with van der Waals surface area (Å²) in [5.74, 6) is 0.875. The van der Waals surface area contributed by atoms with Crippen LogP contribution in [0.15, 0.2) is 18.2 Å². The van der Waals surface area contributed by atoms with E-state index < -0.39 is 6.10 Å². The van der Waals surface area contributed by atoms with Crippen molar-refractivity contribution in [3.05, 3.63) is 23.8 Å². The van der Waals surface area contributed by atoms with Crippen LogP contribution in [0.1, 0.15) is 12.5 Å². The molecule has 0 saturated heterocycles. The highest BCUT2D eigenvalue weighted by atomic mass is 16.5. The molecule has 3 nitrogen and oxygen atoms in total. The Hall–Kier alpha value is -1.22. The van der Waals surface area contributed by atoms with Crippen LogP contribution in [-0.4, -0.2) is 22.4 Å². The number of rotatable bonds is 0. The van der Waals surface area contributed by atoms with Crippen LogP contribution in [0, 0.1) is 0 Å². The van der Waals surface area contributed by atoms with Crippen LogP contribution in [0.3, 0.4) is 0 Å². The highest BCUT2D eigenvalue weighted by molar-refractivity contribution is 5.41. The minimum absolute atomic E-state index is 0.197. The first-order valence-corrected chi connectivity index (χ1v) is 4.33. The minimum atomic E-state index is -0.447. The van der Waals surface area contributed by atoms with Crippen LogP contribution >= 0.6 is 0 Å². The quantitative estimate of drug-likeness (QED) is 0.628. The molecule has 1 heterocycles. The minimum Gasteiger partial charge on any atom is -0.508 e. The van der Waals surface area contributed by atoms with Crippen molar-refractivity contribution in [2.45, 2.75) is 25.6 Å². The van der Waals surface area contributed by atoms with Gasteiger partial charge >= 0.3 is 0 Å². The van der Waals surface area contributed by atoms with Crippen molar-refractivity contribution < 1.29 is 14.9 Å². The van der Waals surface area contributed by atoms with Crippen LogP contribution in [0.5, 0.6) is 11.5 Å². The zero-order valence-electron chi connectivity index (χ0n) is 7.40. The topological polar surface area (TPSA) is 49.7 Å². The van der Waals surface area contributed by atoms with Crippen molar-refractivity contribution >= 4 is 0 Å². The lowest BCUT2D eigenvalue weighted by Gasteiger charge is -2.27. The molecule has 0 radical (unpaired) electrons. The average molecular weight is 180 g/mol. The molecular formula is C10H12O3. The van der Waals surface area contributed by atoms with Crippen LogP contribution < -0.4 is 4.74 Å². The summed E-state index contributed by atoms with van der Waals surface area (Å²) in [6.45, 7) is 1.82. The number of aliphatic hydroxyl groups excluding tert-OH is 1. The number of aromatic hydroxyl groups is 1. The monoisotopic (exact) mass is 180 g/mol. The first-order chi connectivity index (χ1) is 6.16. The molecule has 1 aliphatic rings. The van der Waals surface area contributed by atoms with Gasteiger partial charge in [-0.15, -0.1) is 0 Å². The summed E-state index contributed by atoms with van der Waals surface area (Å²) in [7, 11) is 0. The summed E-state index contributed by atoms with van der Waals surface area (Å²) >= 11 is 0. The van der Waals surface area contributed by atoms with Crippen molar-refractivity contribution in [1.82, 2.24) is 0 Å². The van der Waals surface area contributed by atoms with E-state index in [0.29, 0.717) is 12.2 Å². The number of phenolic OH excluding ortho intramolecular Hbond substituents is 1. The van der Waals surface area contributed by atoms with Gasteiger partial charge in [0.25, 0.3) is 0 Å². The van der Waals surface area contributed by atoms with Crippen LogP contribution in [0.4, 0.5) is 0 Å². The van der Waals surface area contributed by atoms with Crippen LogP contribution in [-0.2, 0) is 6.42 Å². The van der Waals surface area contributed by atoms with Gasteiger partial charge in [0.2, 0.25) is 0 Å². The summed E-state index contributed by atoms with van der Waals surface area (Å²) in [6.07, 6.45) is -0.0529. The molecule has 70 valence electrons. The Morgan fingerprint density at radius 3 is 3.00 bits per heavy atom. The second-order valence-electron chi connectivity index (χ2n) is 3.39. The molecule has 3 heteroatoms. The van der Waals surface area contributed by atoms with Gasteiger partial charge in [0.1, 0.15) is 17.6 Å². The van der Waals surface area contributed by atoms with Gasteiger partial charge in [-0.3, -0.25) is 0 Å².